The Hall–Kier alpha value is -2.98. The summed E-state index contributed by atoms with van der Waals surface area (Å²) in [5, 5.41) is 6.28. The van der Waals surface area contributed by atoms with Crippen molar-refractivity contribution in [3.8, 4) is 0 Å². The van der Waals surface area contributed by atoms with Crippen LogP contribution in [0.1, 0.15) is 19.4 Å². The predicted molar refractivity (Wildman–Crippen MR) is 133 cm³/mol. The lowest BCUT2D eigenvalue weighted by Crippen LogP contribution is -2.46. The SMILES string of the molecule is CCN1CCN(c2ccc(CNc3ccc4c(c3)c3ccccc3n4CC)cc2)CC1. The van der Waals surface area contributed by atoms with Crippen LogP contribution in [0.4, 0.5) is 11.4 Å². The Balaban J connectivity index is 1.29. The average Bonchev–Trinajstić information content (AvgIpc) is 3.16. The average molecular weight is 413 g/mol. The molecule has 0 unspecified atom stereocenters. The zero-order valence-electron chi connectivity index (χ0n) is 18.6. The summed E-state index contributed by atoms with van der Waals surface area (Å²) in [4.78, 5) is 5.02. The van der Waals surface area contributed by atoms with Gasteiger partial charge in [0.05, 0.1) is 0 Å². The first kappa shape index (κ1) is 20.0. The lowest BCUT2D eigenvalue weighted by molar-refractivity contribution is 0.271. The third-order valence-corrected chi connectivity index (χ3v) is 6.71. The van der Waals surface area contributed by atoms with E-state index in [-0.39, 0.29) is 0 Å². The Labute approximate surface area is 185 Å². The predicted octanol–water partition coefficient (Wildman–Crippen LogP) is 5.57. The van der Waals surface area contributed by atoms with Gasteiger partial charge >= 0.3 is 0 Å². The number of para-hydroxylation sites is 1. The number of hydrogen-bond donors (Lipinski definition) is 1. The molecule has 1 saturated heterocycles. The molecule has 1 aliphatic heterocycles. The van der Waals surface area contributed by atoms with E-state index in [2.05, 4.69) is 100 Å². The maximum absolute atomic E-state index is 3.63. The summed E-state index contributed by atoms with van der Waals surface area (Å²) in [6, 6.07) is 24.5. The van der Waals surface area contributed by atoms with E-state index in [1.165, 1.54) is 38.7 Å². The molecule has 31 heavy (non-hydrogen) atoms. The highest BCUT2D eigenvalue weighted by Crippen LogP contribution is 2.31. The topological polar surface area (TPSA) is 23.4 Å². The second-order valence-corrected chi connectivity index (χ2v) is 8.43. The van der Waals surface area contributed by atoms with E-state index in [0.29, 0.717) is 0 Å². The molecule has 4 nitrogen and oxygen atoms in total. The molecule has 0 amide bonds. The number of rotatable bonds is 6. The van der Waals surface area contributed by atoms with Gasteiger partial charge in [0.25, 0.3) is 0 Å². The van der Waals surface area contributed by atoms with Crippen molar-refractivity contribution in [2.75, 3.05) is 42.9 Å². The van der Waals surface area contributed by atoms with Crippen LogP contribution in [0.25, 0.3) is 21.8 Å². The van der Waals surface area contributed by atoms with Gasteiger partial charge in [0.15, 0.2) is 0 Å². The maximum Gasteiger partial charge on any atom is 0.0492 e. The summed E-state index contributed by atoms with van der Waals surface area (Å²) in [5.74, 6) is 0. The first-order valence-electron chi connectivity index (χ1n) is 11.6. The number of fused-ring (bicyclic) bond motifs is 3. The highest BCUT2D eigenvalue weighted by molar-refractivity contribution is 6.09. The van der Waals surface area contributed by atoms with E-state index < -0.39 is 0 Å². The molecule has 5 rings (SSSR count). The van der Waals surface area contributed by atoms with Crippen LogP contribution in [-0.2, 0) is 13.1 Å². The molecule has 0 saturated carbocycles. The monoisotopic (exact) mass is 412 g/mol. The van der Waals surface area contributed by atoms with Crippen molar-refractivity contribution in [2.24, 2.45) is 0 Å². The minimum atomic E-state index is 0.835. The fraction of sp³-hybridized carbons (Fsp3) is 0.333. The standard InChI is InChI=1S/C27H32N4/c1-3-29-15-17-30(18-16-29)23-12-9-21(10-13-23)20-28-22-11-14-27-25(19-22)24-7-5-6-8-26(24)31(27)4-2/h5-14,19,28H,3-4,15-18,20H2,1-2H3. The van der Waals surface area contributed by atoms with Gasteiger partial charge in [-0.3, -0.25) is 0 Å². The molecule has 4 aromatic rings. The van der Waals surface area contributed by atoms with Gasteiger partial charge in [0.2, 0.25) is 0 Å². The summed E-state index contributed by atoms with van der Waals surface area (Å²) in [5.41, 5.74) is 6.45. The van der Waals surface area contributed by atoms with Crippen molar-refractivity contribution in [3.63, 3.8) is 0 Å². The largest absolute Gasteiger partial charge is 0.381 e. The van der Waals surface area contributed by atoms with E-state index in [9.17, 15) is 0 Å². The Kier molecular flexibility index (Phi) is 5.56. The van der Waals surface area contributed by atoms with Crippen molar-refractivity contribution in [1.82, 2.24) is 9.47 Å². The summed E-state index contributed by atoms with van der Waals surface area (Å²) >= 11 is 0. The van der Waals surface area contributed by atoms with Gasteiger partial charge in [-0.2, -0.15) is 0 Å². The van der Waals surface area contributed by atoms with Crippen molar-refractivity contribution in [1.29, 1.82) is 0 Å². The molecule has 0 atom stereocenters. The second-order valence-electron chi connectivity index (χ2n) is 8.43. The zero-order chi connectivity index (χ0) is 21.2. The number of nitrogens with zero attached hydrogens (tertiary/aromatic N) is 3. The van der Waals surface area contributed by atoms with Gasteiger partial charge < -0.3 is 19.7 Å². The maximum atomic E-state index is 3.63. The molecule has 1 aliphatic rings. The molecule has 160 valence electrons. The van der Waals surface area contributed by atoms with Crippen molar-refractivity contribution >= 4 is 33.2 Å². The molecular weight excluding hydrogens is 380 g/mol. The fourth-order valence-corrected chi connectivity index (χ4v) is 4.86. The van der Waals surface area contributed by atoms with Gasteiger partial charge in [0.1, 0.15) is 0 Å². The molecule has 1 fully saturated rings. The van der Waals surface area contributed by atoms with E-state index in [1.807, 2.05) is 0 Å². The van der Waals surface area contributed by atoms with Gasteiger partial charge in [-0.05, 0) is 55.4 Å². The van der Waals surface area contributed by atoms with E-state index >= 15 is 0 Å². The number of aromatic nitrogens is 1. The summed E-state index contributed by atoms with van der Waals surface area (Å²) < 4.78 is 2.40. The van der Waals surface area contributed by atoms with Crippen molar-refractivity contribution in [3.05, 3.63) is 72.3 Å². The zero-order valence-corrected chi connectivity index (χ0v) is 18.6. The smallest absolute Gasteiger partial charge is 0.0492 e. The lowest BCUT2D eigenvalue weighted by Gasteiger charge is -2.35. The van der Waals surface area contributed by atoms with Crippen LogP contribution in [0.15, 0.2) is 66.7 Å². The Morgan fingerprint density at radius 3 is 2.23 bits per heavy atom. The molecule has 0 aliphatic carbocycles. The first-order valence-corrected chi connectivity index (χ1v) is 11.6. The number of likely N-dealkylation sites (N-methyl/N-ethyl adjacent to an activating group) is 1. The quantitative estimate of drug-likeness (QED) is 0.448. The van der Waals surface area contributed by atoms with Gasteiger partial charge in [-0.25, -0.2) is 0 Å². The number of hydrogen-bond acceptors (Lipinski definition) is 3. The first-order chi connectivity index (χ1) is 15.3. The number of anilines is 2. The molecule has 0 spiro atoms. The van der Waals surface area contributed by atoms with Crippen LogP contribution in [0.3, 0.4) is 0 Å². The van der Waals surface area contributed by atoms with Gasteiger partial charge in [0, 0.05) is 72.4 Å². The second kappa shape index (κ2) is 8.64. The molecule has 2 heterocycles. The number of piperazine rings is 1. The fourth-order valence-electron chi connectivity index (χ4n) is 4.86. The molecule has 3 aromatic carbocycles. The van der Waals surface area contributed by atoms with Gasteiger partial charge in [-0.1, -0.05) is 37.3 Å². The molecule has 0 bridgehead atoms. The number of benzene rings is 3. The van der Waals surface area contributed by atoms with Crippen LogP contribution in [0.2, 0.25) is 0 Å². The highest BCUT2D eigenvalue weighted by Gasteiger charge is 2.15. The van der Waals surface area contributed by atoms with Crippen LogP contribution >= 0.6 is 0 Å². The summed E-state index contributed by atoms with van der Waals surface area (Å²) in [7, 11) is 0. The third kappa shape index (κ3) is 3.88. The van der Waals surface area contributed by atoms with Crippen LogP contribution in [-0.4, -0.2) is 42.2 Å². The Morgan fingerprint density at radius 2 is 1.48 bits per heavy atom. The van der Waals surface area contributed by atoms with Crippen LogP contribution in [0, 0.1) is 0 Å². The number of nitrogens with one attached hydrogen (secondary N) is 1. The van der Waals surface area contributed by atoms with Crippen molar-refractivity contribution < 1.29 is 0 Å². The van der Waals surface area contributed by atoms with Crippen LogP contribution in [0.5, 0.6) is 0 Å². The Morgan fingerprint density at radius 1 is 0.742 bits per heavy atom. The molecule has 1 N–H and O–H groups in total. The molecular formula is C27H32N4. The summed E-state index contributed by atoms with van der Waals surface area (Å²) in [6.07, 6.45) is 0. The van der Waals surface area contributed by atoms with E-state index in [1.54, 1.807) is 0 Å². The van der Waals surface area contributed by atoms with E-state index in [4.69, 9.17) is 0 Å². The normalized spacial score (nSPS) is 15.1. The lowest BCUT2D eigenvalue weighted by atomic mass is 10.1. The molecule has 4 heteroatoms. The van der Waals surface area contributed by atoms with Gasteiger partial charge in [-0.15, -0.1) is 0 Å². The number of aryl methyl sites for hydroxylation is 1. The highest BCUT2D eigenvalue weighted by atomic mass is 15.3. The molecule has 0 radical (unpaired) electrons. The minimum absolute atomic E-state index is 0.835. The Bertz CT molecular complexity index is 1170. The minimum Gasteiger partial charge on any atom is -0.381 e. The molecule has 1 aromatic heterocycles. The third-order valence-electron chi connectivity index (χ3n) is 6.71. The van der Waals surface area contributed by atoms with E-state index in [0.717, 1.165) is 45.8 Å². The van der Waals surface area contributed by atoms with Crippen molar-refractivity contribution in [2.45, 2.75) is 26.9 Å². The van der Waals surface area contributed by atoms with Crippen LogP contribution < -0.4 is 10.2 Å². The summed E-state index contributed by atoms with van der Waals surface area (Å²) in [6.45, 7) is 12.0.